The first-order valence-electron chi connectivity index (χ1n) is 7.45. The van der Waals surface area contributed by atoms with Gasteiger partial charge in [0.05, 0.1) is 12.0 Å². The summed E-state index contributed by atoms with van der Waals surface area (Å²) in [5, 5.41) is 1.96. The smallest absolute Gasteiger partial charge is 0.235 e. The van der Waals surface area contributed by atoms with E-state index < -0.39 is 0 Å². The fourth-order valence-corrected chi connectivity index (χ4v) is 2.92. The summed E-state index contributed by atoms with van der Waals surface area (Å²) in [5.41, 5.74) is 2.63. The summed E-state index contributed by atoms with van der Waals surface area (Å²) in [6, 6.07) is 3.52. The number of aryl methyl sites for hydroxylation is 1. The largest absolute Gasteiger partial charge is 0.463 e. The van der Waals surface area contributed by atoms with Crippen molar-refractivity contribution in [2.75, 3.05) is 0 Å². The van der Waals surface area contributed by atoms with Gasteiger partial charge in [-0.05, 0) is 52.3 Å². The minimum Gasteiger partial charge on any atom is -0.463 e. The third-order valence-corrected chi connectivity index (χ3v) is 4.02. The van der Waals surface area contributed by atoms with Crippen molar-refractivity contribution in [3.8, 4) is 0 Å². The van der Waals surface area contributed by atoms with Crippen LogP contribution in [-0.4, -0.2) is 22.6 Å². The lowest BCUT2D eigenvalue weighted by Gasteiger charge is -2.14. The quantitative estimate of drug-likeness (QED) is 0.804. The first-order valence-corrected chi connectivity index (χ1v) is 7.45. The predicted molar refractivity (Wildman–Crippen MR) is 83.1 cm³/mol. The zero-order chi connectivity index (χ0) is 16.4. The molecule has 0 bridgehead atoms. The molecule has 0 saturated heterocycles. The number of carbonyl (C=O) groups excluding carboxylic acids is 2. The second-order valence-electron chi connectivity index (χ2n) is 5.83. The van der Waals surface area contributed by atoms with Gasteiger partial charge in [-0.25, -0.2) is 0 Å². The molecule has 2 aromatic heterocycles. The standard InChI is InChI=1S/C17H22N2O3/c1-9-15(13(5)20)11(3)19-16(9)17(21)12(4)18-10(2)14-7-6-8-22-14/h6-8,10,12,18-19H,1-5H3/p+1/t10-,12-/m1/s1. The number of aromatic amines is 1. The Morgan fingerprint density at radius 3 is 2.45 bits per heavy atom. The van der Waals surface area contributed by atoms with Gasteiger partial charge < -0.3 is 14.7 Å². The Morgan fingerprint density at radius 2 is 1.95 bits per heavy atom. The Hall–Kier alpha value is -2.14. The summed E-state index contributed by atoms with van der Waals surface area (Å²) in [6.45, 7) is 9.02. The highest BCUT2D eigenvalue weighted by atomic mass is 16.3. The maximum atomic E-state index is 12.7. The highest BCUT2D eigenvalue weighted by Gasteiger charge is 2.27. The van der Waals surface area contributed by atoms with Gasteiger partial charge in [0.15, 0.2) is 11.5 Å². The van der Waals surface area contributed by atoms with Gasteiger partial charge in [0, 0.05) is 11.3 Å². The summed E-state index contributed by atoms with van der Waals surface area (Å²) >= 11 is 0. The molecule has 2 rings (SSSR count). The van der Waals surface area contributed by atoms with E-state index in [1.54, 1.807) is 6.26 Å². The van der Waals surface area contributed by atoms with E-state index in [-0.39, 0.29) is 23.7 Å². The summed E-state index contributed by atoms with van der Waals surface area (Å²) < 4.78 is 5.37. The van der Waals surface area contributed by atoms with E-state index in [2.05, 4.69) is 4.98 Å². The third kappa shape index (κ3) is 3.04. The van der Waals surface area contributed by atoms with Crippen LogP contribution >= 0.6 is 0 Å². The SMILES string of the molecule is CC(=O)c1c(C)[nH]c(C(=O)[C@@H](C)[NH2+][C@H](C)c2ccco2)c1C. The van der Waals surface area contributed by atoms with Gasteiger partial charge in [-0.2, -0.15) is 0 Å². The van der Waals surface area contributed by atoms with E-state index >= 15 is 0 Å². The van der Waals surface area contributed by atoms with Gasteiger partial charge in [0.1, 0.15) is 12.1 Å². The van der Waals surface area contributed by atoms with Crippen molar-refractivity contribution < 1.29 is 19.3 Å². The number of hydrogen-bond donors (Lipinski definition) is 2. The average molecular weight is 303 g/mol. The molecule has 0 aliphatic carbocycles. The number of aromatic nitrogens is 1. The number of quaternary nitrogens is 1. The second-order valence-corrected chi connectivity index (χ2v) is 5.83. The zero-order valence-electron chi connectivity index (χ0n) is 13.7. The number of furan rings is 1. The Bertz CT molecular complexity index is 683. The normalized spacial score (nSPS) is 13.9. The molecular formula is C17H23N2O3+. The Kier molecular flexibility index (Phi) is 4.66. The van der Waals surface area contributed by atoms with Crippen LogP contribution in [0.15, 0.2) is 22.8 Å². The van der Waals surface area contributed by atoms with E-state index in [4.69, 9.17) is 4.42 Å². The molecule has 0 aromatic carbocycles. The van der Waals surface area contributed by atoms with Crippen LogP contribution in [-0.2, 0) is 0 Å². The maximum Gasteiger partial charge on any atom is 0.235 e. The van der Waals surface area contributed by atoms with E-state index in [0.29, 0.717) is 11.3 Å². The minimum atomic E-state index is -0.267. The summed E-state index contributed by atoms with van der Waals surface area (Å²) in [4.78, 5) is 27.4. The van der Waals surface area contributed by atoms with Gasteiger partial charge in [0.25, 0.3) is 0 Å². The van der Waals surface area contributed by atoms with Crippen LogP contribution in [0.3, 0.4) is 0 Å². The van der Waals surface area contributed by atoms with E-state index in [0.717, 1.165) is 17.0 Å². The minimum absolute atomic E-state index is 0.00786. The molecular weight excluding hydrogens is 280 g/mol. The first-order chi connectivity index (χ1) is 10.3. The van der Waals surface area contributed by atoms with Crippen molar-refractivity contribution in [1.82, 2.24) is 4.98 Å². The van der Waals surface area contributed by atoms with Crippen LogP contribution in [0.1, 0.15) is 64.7 Å². The van der Waals surface area contributed by atoms with E-state index in [1.165, 1.54) is 6.92 Å². The lowest BCUT2D eigenvalue weighted by Crippen LogP contribution is -2.91. The molecule has 5 heteroatoms. The molecule has 0 saturated carbocycles. The van der Waals surface area contributed by atoms with Crippen molar-refractivity contribution in [2.24, 2.45) is 0 Å². The molecule has 0 aliphatic rings. The summed E-state index contributed by atoms with van der Waals surface area (Å²) in [5.74, 6) is 0.806. The lowest BCUT2D eigenvalue weighted by atomic mass is 10.0. The molecule has 0 amide bonds. The predicted octanol–water partition coefficient (Wildman–Crippen LogP) is 2.32. The first kappa shape index (κ1) is 16.2. The number of Topliss-reactive ketones (excluding diaryl/α,β-unsaturated/α-hetero) is 2. The molecule has 3 N–H and O–H groups in total. The van der Waals surface area contributed by atoms with Crippen LogP contribution < -0.4 is 5.32 Å². The molecule has 0 radical (unpaired) electrons. The summed E-state index contributed by atoms with van der Waals surface area (Å²) in [7, 11) is 0. The molecule has 0 fully saturated rings. The molecule has 0 unspecified atom stereocenters. The molecule has 0 aliphatic heterocycles. The topological polar surface area (TPSA) is 79.7 Å². The highest BCUT2D eigenvalue weighted by molar-refractivity contribution is 6.04. The number of nitrogens with two attached hydrogens (primary N) is 1. The van der Waals surface area contributed by atoms with E-state index in [1.807, 2.05) is 45.1 Å². The molecule has 2 heterocycles. The maximum absolute atomic E-state index is 12.7. The molecule has 2 aromatic rings. The van der Waals surface area contributed by atoms with Crippen molar-refractivity contribution in [2.45, 2.75) is 46.7 Å². The monoisotopic (exact) mass is 303 g/mol. The highest BCUT2D eigenvalue weighted by Crippen LogP contribution is 2.19. The number of rotatable bonds is 6. The number of hydrogen-bond acceptors (Lipinski definition) is 3. The van der Waals surface area contributed by atoms with Gasteiger partial charge in [-0.3, -0.25) is 9.59 Å². The van der Waals surface area contributed by atoms with E-state index in [9.17, 15) is 9.59 Å². The van der Waals surface area contributed by atoms with Crippen LogP contribution in [0, 0.1) is 13.8 Å². The number of carbonyl (C=O) groups is 2. The fraction of sp³-hybridized carbons (Fsp3) is 0.412. The van der Waals surface area contributed by atoms with Crippen molar-refractivity contribution in [1.29, 1.82) is 0 Å². The number of H-pyrrole nitrogens is 1. The molecule has 0 spiro atoms. The zero-order valence-corrected chi connectivity index (χ0v) is 13.7. The third-order valence-electron chi connectivity index (χ3n) is 4.02. The van der Waals surface area contributed by atoms with Crippen molar-refractivity contribution in [3.63, 3.8) is 0 Å². The number of nitrogens with one attached hydrogen (secondary N) is 1. The van der Waals surface area contributed by atoms with Gasteiger partial charge in [-0.1, -0.05) is 0 Å². The molecule has 22 heavy (non-hydrogen) atoms. The van der Waals surface area contributed by atoms with Gasteiger partial charge >= 0.3 is 0 Å². The molecule has 5 nitrogen and oxygen atoms in total. The van der Waals surface area contributed by atoms with Crippen LogP contribution in [0.2, 0.25) is 0 Å². The molecule has 118 valence electrons. The van der Waals surface area contributed by atoms with Gasteiger partial charge in [-0.15, -0.1) is 0 Å². The summed E-state index contributed by atoms with van der Waals surface area (Å²) in [6.07, 6.45) is 1.63. The van der Waals surface area contributed by atoms with Crippen molar-refractivity contribution in [3.05, 3.63) is 46.7 Å². The van der Waals surface area contributed by atoms with Crippen molar-refractivity contribution >= 4 is 11.6 Å². The fourth-order valence-electron chi connectivity index (χ4n) is 2.92. The second kappa shape index (κ2) is 6.32. The molecule has 2 atom stereocenters. The lowest BCUT2D eigenvalue weighted by molar-refractivity contribution is -0.710. The Labute approximate surface area is 130 Å². The Balaban J connectivity index is 2.18. The van der Waals surface area contributed by atoms with Crippen LogP contribution in [0.4, 0.5) is 0 Å². The average Bonchev–Trinajstić information content (AvgIpc) is 3.05. The Morgan fingerprint density at radius 1 is 1.27 bits per heavy atom. The number of ketones is 2. The van der Waals surface area contributed by atoms with Crippen LogP contribution in [0.5, 0.6) is 0 Å². The van der Waals surface area contributed by atoms with Crippen LogP contribution in [0.25, 0.3) is 0 Å². The van der Waals surface area contributed by atoms with Gasteiger partial charge in [0.2, 0.25) is 5.78 Å².